The van der Waals surface area contributed by atoms with Crippen LogP contribution in [0.5, 0.6) is 11.5 Å². The Labute approximate surface area is 244 Å². The topological polar surface area (TPSA) is 88.2 Å². The second kappa shape index (κ2) is 12.4. The normalized spacial score (nSPS) is 20.0. The minimum absolute atomic E-state index is 0.215. The molecule has 0 radical (unpaired) electrons. The summed E-state index contributed by atoms with van der Waals surface area (Å²) >= 11 is 1.32. The fourth-order valence-corrected chi connectivity index (χ4v) is 6.61. The number of para-hydroxylation sites is 1. The summed E-state index contributed by atoms with van der Waals surface area (Å²) in [6, 6.07) is 23.9. The maximum atomic E-state index is 13.1. The van der Waals surface area contributed by atoms with Crippen molar-refractivity contribution in [2.45, 2.75) is 50.4 Å². The third kappa shape index (κ3) is 6.41. The van der Waals surface area contributed by atoms with Gasteiger partial charge in [-0.15, -0.1) is 11.8 Å². The van der Waals surface area contributed by atoms with Crippen LogP contribution in [0.25, 0.3) is 0 Å². The summed E-state index contributed by atoms with van der Waals surface area (Å²) in [5.74, 6) is 1.11. The summed E-state index contributed by atoms with van der Waals surface area (Å²) in [6.07, 6.45) is 2.56. The third-order valence-electron chi connectivity index (χ3n) is 7.73. The Morgan fingerprint density at radius 1 is 0.878 bits per heavy atom. The van der Waals surface area contributed by atoms with Crippen LogP contribution in [0.3, 0.4) is 0 Å². The van der Waals surface area contributed by atoms with Gasteiger partial charge in [-0.05, 0) is 48.2 Å². The van der Waals surface area contributed by atoms with E-state index in [1.807, 2.05) is 36.4 Å². The summed E-state index contributed by atoms with van der Waals surface area (Å²) in [7, 11) is 0. The van der Waals surface area contributed by atoms with E-state index >= 15 is 0 Å². The molecule has 3 aromatic rings. The fourth-order valence-electron chi connectivity index (χ4n) is 5.52. The number of rotatable bonds is 8. The highest BCUT2D eigenvalue weighted by Gasteiger charge is 2.39. The number of nitrogens with zero attached hydrogens (tertiary/aromatic N) is 2. The van der Waals surface area contributed by atoms with Gasteiger partial charge >= 0.3 is 0 Å². The van der Waals surface area contributed by atoms with E-state index in [4.69, 9.17) is 9.47 Å². The van der Waals surface area contributed by atoms with Crippen molar-refractivity contribution in [3.05, 3.63) is 95.1 Å². The molecule has 212 valence electrons. The van der Waals surface area contributed by atoms with Crippen LogP contribution in [0.4, 0.5) is 0 Å². The first-order valence-corrected chi connectivity index (χ1v) is 15.1. The Morgan fingerprint density at radius 3 is 2.41 bits per heavy atom. The van der Waals surface area contributed by atoms with Gasteiger partial charge < -0.3 is 14.4 Å². The maximum absolute atomic E-state index is 13.1. The highest BCUT2D eigenvalue weighted by molar-refractivity contribution is 8.00. The molecule has 1 unspecified atom stereocenters. The minimum Gasteiger partial charge on any atom is -0.490 e. The largest absolute Gasteiger partial charge is 0.490 e. The number of thioether (sulfide) groups is 1. The number of hydrogen-bond donors (Lipinski definition) is 1. The van der Waals surface area contributed by atoms with Crippen molar-refractivity contribution in [2.24, 2.45) is 0 Å². The van der Waals surface area contributed by atoms with Crippen molar-refractivity contribution in [3.63, 3.8) is 0 Å². The molecule has 1 atom stereocenters. The molecular formula is C32H33N3O5S. The molecule has 8 nitrogen and oxygen atoms in total. The number of carbonyl (C=O) groups is 3. The number of fused-ring (bicyclic) bond motifs is 1. The monoisotopic (exact) mass is 571 g/mol. The molecule has 0 saturated carbocycles. The summed E-state index contributed by atoms with van der Waals surface area (Å²) in [5.41, 5.74) is 3.62. The smallest absolute Gasteiger partial charge is 0.259 e. The van der Waals surface area contributed by atoms with E-state index in [1.54, 1.807) is 12.1 Å². The number of likely N-dealkylation sites (tertiary alicyclic amines) is 1. The van der Waals surface area contributed by atoms with Crippen LogP contribution in [-0.2, 0) is 29.3 Å². The van der Waals surface area contributed by atoms with Crippen LogP contribution < -0.4 is 14.8 Å². The lowest BCUT2D eigenvalue weighted by atomic mass is 10.1. The third-order valence-corrected chi connectivity index (χ3v) is 8.96. The quantitative estimate of drug-likeness (QED) is 0.402. The van der Waals surface area contributed by atoms with Crippen molar-refractivity contribution < 1.29 is 23.9 Å². The summed E-state index contributed by atoms with van der Waals surface area (Å²) in [6.45, 7) is 3.57. The van der Waals surface area contributed by atoms with Gasteiger partial charge in [0.1, 0.15) is 24.2 Å². The first-order chi connectivity index (χ1) is 20.0. The molecule has 41 heavy (non-hydrogen) atoms. The lowest BCUT2D eigenvalue weighted by Gasteiger charge is -2.32. The molecule has 0 aliphatic carbocycles. The van der Waals surface area contributed by atoms with Crippen LogP contribution in [0.1, 0.15) is 46.3 Å². The Bertz CT molecular complexity index is 1410. The van der Waals surface area contributed by atoms with Crippen LogP contribution in [-0.4, -0.2) is 57.8 Å². The van der Waals surface area contributed by atoms with Gasteiger partial charge in [-0.3, -0.25) is 24.6 Å². The minimum atomic E-state index is -0.732. The summed E-state index contributed by atoms with van der Waals surface area (Å²) < 4.78 is 12.3. The Kier molecular flexibility index (Phi) is 8.25. The van der Waals surface area contributed by atoms with Crippen LogP contribution in [0, 0.1) is 0 Å². The maximum Gasteiger partial charge on any atom is 0.259 e. The second-order valence-electron chi connectivity index (χ2n) is 10.6. The average molecular weight is 572 g/mol. The molecule has 3 aliphatic rings. The van der Waals surface area contributed by atoms with E-state index in [-0.39, 0.29) is 30.9 Å². The second-order valence-corrected chi connectivity index (χ2v) is 11.8. The number of hydrogen-bond acceptors (Lipinski definition) is 7. The zero-order chi connectivity index (χ0) is 28.2. The van der Waals surface area contributed by atoms with E-state index in [9.17, 15) is 14.4 Å². The first kappa shape index (κ1) is 27.4. The molecule has 0 spiro atoms. The lowest BCUT2D eigenvalue weighted by molar-refractivity contribution is -0.131. The van der Waals surface area contributed by atoms with Crippen LogP contribution in [0.2, 0.25) is 0 Å². The number of benzene rings is 3. The molecule has 1 N–H and O–H groups in total. The van der Waals surface area contributed by atoms with E-state index < -0.39 is 11.3 Å². The van der Waals surface area contributed by atoms with Gasteiger partial charge in [0.2, 0.25) is 5.91 Å². The van der Waals surface area contributed by atoms with Gasteiger partial charge in [-0.1, -0.05) is 48.5 Å². The Hall–Kier alpha value is -3.82. The van der Waals surface area contributed by atoms with Gasteiger partial charge in [-0.25, -0.2) is 0 Å². The molecule has 9 heteroatoms. The predicted molar refractivity (Wildman–Crippen MR) is 156 cm³/mol. The zero-order valence-corrected chi connectivity index (χ0v) is 23.6. The number of amides is 3. The fraction of sp³-hybridized carbons (Fsp3) is 0.344. The Balaban J connectivity index is 1.01. The number of nitrogens with one attached hydrogen (secondary N) is 1. The number of imide groups is 1. The van der Waals surface area contributed by atoms with E-state index in [0.717, 1.165) is 49.4 Å². The molecule has 2 saturated heterocycles. The molecule has 6 rings (SSSR count). The first-order valence-electron chi connectivity index (χ1n) is 14.1. The molecule has 0 aromatic heterocycles. The SMILES string of the molecule is O=C1CCSC(N2Cc3c(OCc4ccc(CN5CCC(Oc6ccccc6)CC5)cc4)cccc3C2=O)C(=O)N1. The Morgan fingerprint density at radius 2 is 1.63 bits per heavy atom. The summed E-state index contributed by atoms with van der Waals surface area (Å²) in [4.78, 5) is 41.4. The number of ether oxygens (including phenoxy) is 2. The van der Waals surface area contributed by atoms with E-state index in [0.29, 0.717) is 23.7 Å². The highest BCUT2D eigenvalue weighted by atomic mass is 32.2. The van der Waals surface area contributed by atoms with Gasteiger partial charge in [0.05, 0.1) is 6.54 Å². The van der Waals surface area contributed by atoms with Crippen LogP contribution >= 0.6 is 11.8 Å². The zero-order valence-electron chi connectivity index (χ0n) is 22.8. The van der Waals surface area contributed by atoms with Gasteiger partial charge in [0, 0.05) is 42.9 Å². The lowest BCUT2D eigenvalue weighted by Crippen LogP contribution is -2.45. The van der Waals surface area contributed by atoms with Crippen LogP contribution in [0.15, 0.2) is 72.8 Å². The highest BCUT2D eigenvalue weighted by Crippen LogP contribution is 2.35. The number of piperidine rings is 1. The molecule has 3 aliphatic heterocycles. The van der Waals surface area contributed by atoms with Crippen molar-refractivity contribution >= 4 is 29.5 Å². The molecule has 0 bridgehead atoms. The van der Waals surface area contributed by atoms with E-state index in [1.165, 1.54) is 22.2 Å². The molecule has 2 fully saturated rings. The molecule has 3 heterocycles. The molecular weight excluding hydrogens is 538 g/mol. The standard InChI is InChI=1S/C32H33N3O5S/c36-29-15-18-41-32(30(37)33-29)35-20-27-26(31(35)38)7-4-8-28(27)39-21-23-11-9-22(10-12-23)19-34-16-13-25(14-17-34)40-24-5-2-1-3-6-24/h1-12,25,32H,13-21H2,(H,33,36,37). The van der Waals surface area contributed by atoms with Crippen molar-refractivity contribution in [3.8, 4) is 11.5 Å². The van der Waals surface area contributed by atoms with Gasteiger partial charge in [0.15, 0.2) is 5.37 Å². The predicted octanol–water partition coefficient (Wildman–Crippen LogP) is 4.37. The average Bonchev–Trinajstić information content (AvgIpc) is 3.22. The van der Waals surface area contributed by atoms with Gasteiger partial charge in [-0.2, -0.15) is 0 Å². The van der Waals surface area contributed by atoms with Crippen molar-refractivity contribution in [1.29, 1.82) is 0 Å². The molecule has 3 aromatic carbocycles. The van der Waals surface area contributed by atoms with Gasteiger partial charge in [0.25, 0.3) is 11.8 Å². The van der Waals surface area contributed by atoms with E-state index in [2.05, 4.69) is 34.5 Å². The van der Waals surface area contributed by atoms with Crippen molar-refractivity contribution in [2.75, 3.05) is 18.8 Å². The summed E-state index contributed by atoms with van der Waals surface area (Å²) in [5, 5.41) is 1.65. The molecule has 3 amide bonds. The number of carbonyl (C=O) groups excluding carboxylic acids is 3. The van der Waals surface area contributed by atoms with Crippen molar-refractivity contribution in [1.82, 2.24) is 15.1 Å².